The zero-order valence-electron chi connectivity index (χ0n) is 13.1. The van der Waals surface area contributed by atoms with E-state index < -0.39 is 5.82 Å². The van der Waals surface area contributed by atoms with Gasteiger partial charge in [-0.3, -0.25) is 0 Å². The fourth-order valence-corrected chi connectivity index (χ4v) is 3.42. The van der Waals surface area contributed by atoms with Gasteiger partial charge in [0.1, 0.15) is 17.5 Å². The largest absolute Gasteiger partial charge is 0.492 e. The lowest BCUT2D eigenvalue weighted by molar-refractivity contribution is 0.387. The van der Waals surface area contributed by atoms with E-state index in [-0.39, 0.29) is 28.2 Å². The number of nitrogen functional groups attached to an aromatic ring is 1. The van der Waals surface area contributed by atoms with E-state index in [1.165, 1.54) is 13.2 Å². The summed E-state index contributed by atoms with van der Waals surface area (Å²) in [7, 11) is 1.34. The molecule has 1 aromatic carbocycles. The summed E-state index contributed by atoms with van der Waals surface area (Å²) in [5, 5.41) is 9.64. The van der Waals surface area contributed by atoms with Crippen LogP contribution < -0.4 is 16.2 Å². The van der Waals surface area contributed by atoms with Crippen molar-refractivity contribution in [3.8, 4) is 22.9 Å². The van der Waals surface area contributed by atoms with E-state index in [4.69, 9.17) is 27.8 Å². The molecule has 0 saturated carbocycles. The van der Waals surface area contributed by atoms with Crippen LogP contribution in [0.2, 0.25) is 5.02 Å². The molecule has 2 aromatic rings. The Morgan fingerprint density at radius 3 is 2.83 bits per heavy atom. The number of anilines is 1. The molecule has 1 heterocycles. The maximum atomic E-state index is 14.3. The highest BCUT2D eigenvalue weighted by molar-refractivity contribution is 6.32. The molecular formula is C17H16ClFN4O. The van der Waals surface area contributed by atoms with Gasteiger partial charge in [-0.2, -0.15) is 5.26 Å². The van der Waals surface area contributed by atoms with Crippen molar-refractivity contribution in [2.75, 3.05) is 12.8 Å². The third-order valence-corrected chi connectivity index (χ3v) is 4.51. The molecule has 1 atom stereocenters. The molecule has 124 valence electrons. The first-order valence-corrected chi connectivity index (χ1v) is 7.84. The number of ether oxygens (including phenoxy) is 1. The van der Waals surface area contributed by atoms with E-state index in [1.807, 2.05) is 0 Å². The van der Waals surface area contributed by atoms with Crippen LogP contribution in [0.1, 0.15) is 23.2 Å². The lowest BCUT2D eigenvalue weighted by atomic mass is 9.84. The fourth-order valence-electron chi connectivity index (χ4n) is 3.14. The van der Waals surface area contributed by atoms with Gasteiger partial charge in [0.15, 0.2) is 11.6 Å². The second-order valence-corrected chi connectivity index (χ2v) is 6.17. The quantitative estimate of drug-likeness (QED) is 0.871. The zero-order valence-corrected chi connectivity index (χ0v) is 13.8. The Labute approximate surface area is 144 Å². The van der Waals surface area contributed by atoms with Crippen LogP contribution in [0.5, 0.6) is 5.75 Å². The number of aryl methyl sites for hydroxylation is 1. The maximum Gasteiger partial charge on any atom is 0.173 e. The van der Waals surface area contributed by atoms with Gasteiger partial charge >= 0.3 is 0 Å². The summed E-state index contributed by atoms with van der Waals surface area (Å²) in [6.07, 6.45) is 2.02. The van der Waals surface area contributed by atoms with Crippen molar-refractivity contribution in [1.29, 1.82) is 5.26 Å². The van der Waals surface area contributed by atoms with Gasteiger partial charge in [0, 0.05) is 17.3 Å². The SMILES string of the molecule is COc1c(F)cc(-c2c(C#N)c(N)nc3c2C[C@@H](N)CC3)cc1Cl. The Hall–Kier alpha value is -2.36. The highest BCUT2D eigenvalue weighted by Gasteiger charge is 2.26. The number of fused-ring (bicyclic) bond motifs is 1. The van der Waals surface area contributed by atoms with Crippen molar-refractivity contribution in [1.82, 2.24) is 4.98 Å². The van der Waals surface area contributed by atoms with Gasteiger partial charge < -0.3 is 16.2 Å². The summed E-state index contributed by atoms with van der Waals surface area (Å²) in [5.74, 6) is -0.506. The third-order valence-electron chi connectivity index (χ3n) is 4.23. The first-order valence-electron chi connectivity index (χ1n) is 7.46. The second kappa shape index (κ2) is 6.27. The Balaban J connectivity index is 2.31. The minimum atomic E-state index is -0.604. The molecule has 0 spiro atoms. The summed E-state index contributed by atoms with van der Waals surface area (Å²) in [5.41, 5.74) is 14.9. The van der Waals surface area contributed by atoms with Crippen molar-refractivity contribution < 1.29 is 9.13 Å². The molecule has 0 unspecified atom stereocenters. The summed E-state index contributed by atoms with van der Waals surface area (Å²) >= 11 is 6.11. The first-order chi connectivity index (χ1) is 11.5. The van der Waals surface area contributed by atoms with Gasteiger partial charge in [-0.05, 0) is 42.5 Å². The number of nitriles is 1. The van der Waals surface area contributed by atoms with E-state index in [0.717, 1.165) is 17.7 Å². The molecule has 0 bridgehead atoms. The Morgan fingerprint density at radius 1 is 1.46 bits per heavy atom. The molecule has 1 aromatic heterocycles. The van der Waals surface area contributed by atoms with E-state index >= 15 is 0 Å². The average molecular weight is 347 g/mol. The van der Waals surface area contributed by atoms with Crippen molar-refractivity contribution >= 4 is 17.4 Å². The number of hydrogen-bond donors (Lipinski definition) is 2. The number of nitrogens with zero attached hydrogens (tertiary/aromatic N) is 2. The molecule has 0 radical (unpaired) electrons. The van der Waals surface area contributed by atoms with Crippen LogP contribution in [0.4, 0.5) is 10.2 Å². The van der Waals surface area contributed by atoms with Crippen LogP contribution in [-0.4, -0.2) is 18.1 Å². The predicted molar refractivity (Wildman–Crippen MR) is 90.3 cm³/mol. The number of methoxy groups -OCH3 is 1. The topological polar surface area (TPSA) is 97.9 Å². The minimum absolute atomic E-state index is 0.0354. The fraction of sp³-hybridized carbons (Fsp3) is 0.294. The predicted octanol–water partition coefficient (Wildman–Crippen LogP) is 2.82. The van der Waals surface area contributed by atoms with Crippen LogP contribution in [0.25, 0.3) is 11.1 Å². The molecule has 0 saturated heterocycles. The minimum Gasteiger partial charge on any atom is -0.492 e. The van der Waals surface area contributed by atoms with Crippen LogP contribution in [-0.2, 0) is 12.8 Å². The van der Waals surface area contributed by atoms with Crippen molar-refractivity contribution in [3.63, 3.8) is 0 Å². The molecule has 0 amide bonds. The van der Waals surface area contributed by atoms with Crippen LogP contribution in [0.15, 0.2) is 12.1 Å². The van der Waals surface area contributed by atoms with E-state index in [2.05, 4.69) is 11.1 Å². The lowest BCUT2D eigenvalue weighted by Crippen LogP contribution is -2.29. The molecule has 1 aliphatic rings. The standard InChI is InChI=1S/C17H16ClFN4O/c1-24-16-12(18)4-8(5-13(16)19)15-10-6-9(21)2-3-14(10)23-17(22)11(15)7-20/h4-5,9H,2-3,6,21H2,1H3,(H2,22,23)/t9-/m0/s1. The first kappa shape index (κ1) is 16.5. The molecule has 0 fully saturated rings. The van der Waals surface area contributed by atoms with Crippen LogP contribution in [0.3, 0.4) is 0 Å². The summed E-state index contributed by atoms with van der Waals surface area (Å²) in [6, 6.07) is 4.90. The van der Waals surface area contributed by atoms with Crippen molar-refractivity contribution in [2.45, 2.75) is 25.3 Å². The molecule has 0 aliphatic heterocycles. The number of pyridine rings is 1. The summed E-state index contributed by atoms with van der Waals surface area (Å²) in [6.45, 7) is 0. The van der Waals surface area contributed by atoms with E-state index in [0.29, 0.717) is 24.0 Å². The number of benzene rings is 1. The summed E-state index contributed by atoms with van der Waals surface area (Å²) < 4.78 is 19.2. The molecule has 7 heteroatoms. The average Bonchev–Trinajstić information content (AvgIpc) is 2.53. The van der Waals surface area contributed by atoms with Crippen LogP contribution in [0, 0.1) is 17.1 Å². The Bertz CT molecular complexity index is 840. The zero-order chi connectivity index (χ0) is 17.4. The number of hydrogen-bond acceptors (Lipinski definition) is 5. The monoisotopic (exact) mass is 346 g/mol. The summed E-state index contributed by atoms with van der Waals surface area (Å²) in [4.78, 5) is 4.33. The highest BCUT2D eigenvalue weighted by atomic mass is 35.5. The molecule has 24 heavy (non-hydrogen) atoms. The number of halogens is 2. The number of nitrogens with two attached hydrogens (primary N) is 2. The smallest absolute Gasteiger partial charge is 0.173 e. The van der Waals surface area contributed by atoms with Crippen LogP contribution >= 0.6 is 11.6 Å². The molecule has 5 nitrogen and oxygen atoms in total. The molecule has 3 rings (SSSR count). The van der Waals surface area contributed by atoms with Gasteiger partial charge in [-0.1, -0.05) is 11.6 Å². The third kappa shape index (κ3) is 2.66. The number of aromatic nitrogens is 1. The molecule has 4 N–H and O–H groups in total. The van der Waals surface area contributed by atoms with Crippen molar-refractivity contribution in [3.05, 3.63) is 39.8 Å². The normalized spacial score (nSPS) is 16.4. The van der Waals surface area contributed by atoms with Gasteiger partial charge in [-0.25, -0.2) is 9.37 Å². The lowest BCUT2D eigenvalue weighted by Gasteiger charge is -2.25. The molecular weight excluding hydrogens is 331 g/mol. The highest BCUT2D eigenvalue weighted by Crippen LogP contribution is 2.39. The maximum absolute atomic E-state index is 14.3. The number of rotatable bonds is 2. The second-order valence-electron chi connectivity index (χ2n) is 5.76. The van der Waals surface area contributed by atoms with Gasteiger partial charge in [0.05, 0.1) is 12.1 Å². The van der Waals surface area contributed by atoms with Crippen molar-refractivity contribution in [2.24, 2.45) is 5.73 Å². The van der Waals surface area contributed by atoms with Gasteiger partial charge in [0.25, 0.3) is 0 Å². The Kier molecular flexibility index (Phi) is 4.31. The van der Waals surface area contributed by atoms with Gasteiger partial charge in [-0.15, -0.1) is 0 Å². The van der Waals surface area contributed by atoms with E-state index in [1.54, 1.807) is 6.07 Å². The molecule has 1 aliphatic carbocycles. The van der Waals surface area contributed by atoms with E-state index in [9.17, 15) is 9.65 Å². The van der Waals surface area contributed by atoms with Gasteiger partial charge in [0.2, 0.25) is 0 Å². The Morgan fingerprint density at radius 2 is 2.21 bits per heavy atom.